The highest BCUT2D eigenvalue weighted by atomic mass is 16.5. The molecule has 0 saturated carbocycles. The minimum Gasteiger partial charge on any atom is -0.497 e. The van der Waals surface area contributed by atoms with Crippen molar-refractivity contribution in [3.8, 4) is 5.75 Å². The predicted octanol–water partition coefficient (Wildman–Crippen LogP) is 4.28. The molecule has 1 fully saturated rings. The van der Waals surface area contributed by atoms with Gasteiger partial charge in [0.1, 0.15) is 5.75 Å². The van der Waals surface area contributed by atoms with E-state index in [2.05, 4.69) is 5.32 Å². The number of nitrogens with zero attached hydrogens (tertiary/aromatic N) is 1. The molecule has 2 amide bonds. The first kappa shape index (κ1) is 21.4. The van der Waals surface area contributed by atoms with E-state index in [0.717, 1.165) is 0 Å². The maximum absolute atomic E-state index is 12.9. The van der Waals surface area contributed by atoms with Gasteiger partial charge in [-0.3, -0.25) is 14.4 Å². The molecule has 0 aliphatic carbocycles. The van der Waals surface area contributed by atoms with Crippen molar-refractivity contribution < 1.29 is 23.5 Å². The quantitative estimate of drug-likeness (QED) is 0.588. The highest BCUT2D eigenvalue weighted by Gasteiger charge is 2.28. The van der Waals surface area contributed by atoms with Gasteiger partial charge in [0.05, 0.1) is 13.4 Å². The van der Waals surface area contributed by atoms with Crippen LogP contribution in [-0.4, -0.2) is 42.7 Å². The molecule has 0 atom stereocenters. The van der Waals surface area contributed by atoms with Gasteiger partial charge < -0.3 is 19.4 Å². The van der Waals surface area contributed by atoms with E-state index in [1.165, 1.54) is 6.26 Å². The van der Waals surface area contributed by atoms with Crippen molar-refractivity contribution in [1.82, 2.24) is 4.90 Å². The van der Waals surface area contributed by atoms with Crippen LogP contribution >= 0.6 is 0 Å². The number of hydrogen-bond donors (Lipinski definition) is 1. The number of carbonyl (C=O) groups excluding carboxylic acids is 3. The molecule has 1 aromatic heterocycles. The third-order valence-corrected chi connectivity index (χ3v) is 5.66. The van der Waals surface area contributed by atoms with Crippen LogP contribution in [0.2, 0.25) is 0 Å². The standard InChI is InChI=1S/C25H24N2O5/c1-31-21-10-6-17(7-11-21)23(28)18-12-14-27(15-13-18)25(30)19-4-8-20(9-5-19)26-24(29)22-3-2-16-32-22/h2-11,16,18H,12-15H2,1H3,(H,26,29). The lowest BCUT2D eigenvalue weighted by Gasteiger charge is -2.31. The number of amides is 2. The van der Waals surface area contributed by atoms with E-state index in [9.17, 15) is 14.4 Å². The van der Waals surface area contributed by atoms with Crippen molar-refractivity contribution in [2.75, 3.05) is 25.5 Å². The van der Waals surface area contributed by atoms with E-state index in [1.807, 2.05) is 0 Å². The number of benzene rings is 2. The van der Waals surface area contributed by atoms with Gasteiger partial charge in [-0.25, -0.2) is 0 Å². The average molecular weight is 432 g/mol. The molecule has 2 aromatic carbocycles. The first-order chi connectivity index (χ1) is 15.5. The number of nitrogens with one attached hydrogen (secondary N) is 1. The number of rotatable bonds is 6. The second kappa shape index (κ2) is 9.51. The molecule has 164 valence electrons. The fraction of sp³-hybridized carbons (Fsp3) is 0.240. The van der Waals surface area contributed by atoms with E-state index in [-0.39, 0.29) is 29.3 Å². The minimum absolute atomic E-state index is 0.0794. The first-order valence-electron chi connectivity index (χ1n) is 10.5. The topological polar surface area (TPSA) is 88.9 Å². The molecule has 3 aromatic rings. The molecule has 0 spiro atoms. The Morgan fingerprint density at radius 2 is 1.59 bits per heavy atom. The summed E-state index contributed by atoms with van der Waals surface area (Å²) in [5, 5.41) is 2.73. The van der Waals surface area contributed by atoms with E-state index in [4.69, 9.17) is 9.15 Å². The highest BCUT2D eigenvalue weighted by molar-refractivity contribution is 6.02. The number of Topliss-reactive ketones (excluding diaryl/α,β-unsaturated/α-hetero) is 1. The van der Waals surface area contributed by atoms with Crippen molar-refractivity contribution >= 4 is 23.3 Å². The summed E-state index contributed by atoms with van der Waals surface area (Å²) in [6.45, 7) is 1.06. The van der Waals surface area contributed by atoms with Gasteiger partial charge in [0.25, 0.3) is 11.8 Å². The molecule has 4 rings (SSSR count). The van der Waals surface area contributed by atoms with Crippen LogP contribution in [0.4, 0.5) is 5.69 Å². The molecule has 0 unspecified atom stereocenters. The summed E-state index contributed by atoms with van der Waals surface area (Å²) in [4.78, 5) is 39.5. The molecule has 32 heavy (non-hydrogen) atoms. The summed E-state index contributed by atoms with van der Waals surface area (Å²) in [5.41, 5.74) is 1.79. The molecule has 1 aliphatic rings. The summed E-state index contributed by atoms with van der Waals surface area (Å²) >= 11 is 0. The predicted molar refractivity (Wildman–Crippen MR) is 119 cm³/mol. The Balaban J connectivity index is 1.31. The lowest BCUT2D eigenvalue weighted by Crippen LogP contribution is -2.40. The smallest absolute Gasteiger partial charge is 0.291 e. The van der Waals surface area contributed by atoms with Crippen molar-refractivity contribution in [1.29, 1.82) is 0 Å². The van der Waals surface area contributed by atoms with Crippen LogP contribution in [0, 0.1) is 5.92 Å². The fourth-order valence-corrected chi connectivity index (χ4v) is 3.81. The number of methoxy groups -OCH3 is 1. The van der Waals surface area contributed by atoms with E-state index < -0.39 is 0 Å². The molecule has 7 nitrogen and oxygen atoms in total. The Hall–Kier alpha value is -3.87. The number of piperidine rings is 1. The number of ketones is 1. The van der Waals surface area contributed by atoms with Gasteiger partial charge in [-0.15, -0.1) is 0 Å². The Bertz CT molecular complexity index is 1080. The zero-order valence-electron chi connectivity index (χ0n) is 17.7. The summed E-state index contributed by atoms with van der Waals surface area (Å²) in [7, 11) is 1.59. The molecule has 1 aliphatic heterocycles. The Labute approximate surface area is 186 Å². The van der Waals surface area contributed by atoms with E-state index >= 15 is 0 Å². The molecular formula is C25H24N2O5. The lowest BCUT2D eigenvalue weighted by atomic mass is 9.88. The fourth-order valence-electron chi connectivity index (χ4n) is 3.81. The maximum atomic E-state index is 12.9. The summed E-state index contributed by atoms with van der Waals surface area (Å²) < 4.78 is 10.2. The zero-order chi connectivity index (χ0) is 22.5. The molecule has 0 bridgehead atoms. The van der Waals surface area contributed by atoms with Gasteiger partial charge in [0.15, 0.2) is 11.5 Å². The molecule has 0 radical (unpaired) electrons. The molecular weight excluding hydrogens is 408 g/mol. The van der Waals surface area contributed by atoms with Crippen LogP contribution in [0.1, 0.15) is 44.1 Å². The number of carbonyl (C=O) groups is 3. The number of furan rings is 1. The molecule has 1 saturated heterocycles. The van der Waals surface area contributed by atoms with Crippen molar-refractivity contribution in [3.05, 3.63) is 83.8 Å². The third kappa shape index (κ3) is 4.72. The second-order valence-electron chi connectivity index (χ2n) is 7.67. The average Bonchev–Trinajstić information content (AvgIpc) is 3.39. The molecule has 7 heteroatoms. The Kier molecular flexibility index (Phi) is 6.35. The zero-order valence-corrected chi connectivity index (χ0v) is 17.7. The van der Waals surface area contributed by atoms with Gasteiger partial charge in [-0.05, 0) is 73.5 Å². The van der Waals surface area contributed by atoms with Crippen LogP contribution in [0.25, 0.3) is 0 Å². The minimum atomic E-state index is -0.349. The third-order valence-electron chi connectivity index (χ3n) is 5.66. The van der Waals surface area contributed by atoms with Gasteiger partial charge >= 0.3 is 0 Å². The van der Waals surface area contributed by atoms with Crippen LogP contribution in [-0.2, 0) is 0 Å². The van der Waals surface area contributed by atoms with Crippen molar-refractivity contribution in [3.63, 3.8) is 0 Å². The van der Waals surface area contributed by atoms with Crippen LogP contribution < -0.4 is 10.1 Å². The first-order valence-corrected chi connectivity index (χ1v) is 10.5. The molecule has 2 heterocycles. The normalized spacial score (nSPS) is 14.1. The molecule has 1 N–H and O–H groups in total. The highest BCUT2D eigenvalue weighted by Crippen LogP contribution is 2.24. The number of hydrogen-bond acceptors (Lipinski definition) is 5. The summed E-state index contributed by atoms with van der Waals surface area (Å²) in [6, 6.07) is 17.1. The number of anilines is 1. The summed E-state index contributed by atoms with van der Waals surface area (Å²) in [6.07, 6.45) is 2.70. The van der Waals surface area contributed by atoms with Crippen molar-refractivity contribution in [2.24, 2.45) is 5.92 Å². The largest absolute Gasteiger partial charge is 0.497 e. The van der Waals surface area contributed by atoms with E-state index in [0.29, 0.717) is 48.5 Å². The lowest BCUT2D eigenvalue weighted by molar-refractivity contribution is 0.0650. The SMILES string of the molecule is COc1ccc(C(=O)C2CCN(C(=O)c3ccc(NC(=O)c4ccco4)cc3)CC2)cc1. The van der Waals surface area contributed by atoms with Gasteiger partial charge in [-0.1, -0.05) is 0 Å². The Morgan fingerprint density at radius 3 is 2.19 bits per heavy atom. The van der Waals surface area contributed by atoms with Gasteiger partial charge in [-0.2, -0.15) is 0 Å². The van der Waals surface area contributed by atoms with Crippen molar-refractivity contribution in [2.45, 2.75) is 12.8 Å². The maximum Gasteiger partial charge on any atom is 0.291 e. The van der Waals surface area contributed by atoms with Gasteiger partial charge in [0, 0.05) is 35.8 Å². The number of likely N-dealkylation sites (tertiary alicyclic amines) is 1. The van der Waals surface area contributed by atoms with Gasteiger partial charge in [0.2, 0.25) is 0 Å². The van der Waals surface area contributed by atoms with E-state index in [1.54, 1.807) is 72.7 Å². The monoisotopic (exact) mass is 432 g/mol. The summed E-state index contributed by atoms with van der Waals surface area (Å²) in [5.74, 6) is 0.524. The van der Waals surface area contributed by atoms with Crippen LogP contribution in [0.5, 0.6) is 5.75 Å². The number of ether oxygens (including phenoxy) is 1. The second-order valence-corrected chi connectivity index (χ2v) is 7.67. The van der Waals surface area contributed by atoms with Crippen LogP contribution in [0.15, 0.2) is 71.3 Å². The van der Waals surface area contributed by atoms with Crippen LogP contribution in [0.3, 0.4) is 0 Å². The Morgan fingerprint density at radius 1 is 0.938 bits per heavy atom.